The fourth-order valence-electron chi connectivity index (χ4n) is 6.45. The Morgan fingerprint density at radius 1 is 1.10 bits per heavy atom. The van der Waals surface area contributed by atoms with Crippen molar-refractivity contribution in [2.24, 2.45) is 0 Å². The van der Waals surface area contributed by atoms with Gasteiger partial charge in [0.15, 0.2) is 5.13 Å². The number of amides is 1. The molecule has 48 heavy (non-hydrogen) atoms. The highest BCUT2D eigenvalue weighted by molar-refractivity contribution is 7.16. The molecule has 1 amide bonds. The minimum Gasteiger partial charge on any atom is -0.392 e. The Labute approximate surface area is 283 Å². The summed E-state index contributed by atoms with van der Waals surface area (Å²) in [6.07, 6.45) is 8.10. The summed E-state index contributed by atoms with van der Waals surface area (Å²) < 4.78 is 2.07. The van der Waals surface area contributed by atoms with Crippen molar-refractivity contribution in [2.45, 2.75) is 57.7 Å². The molecular formula is C35H38N10O2S. The van der Waals surface area contributed by atoms with Gasteiger partial charge in [-0.25, -0.2) is 19.9 Å². The predicted molar refractivity (Wildman–Crippen MR) is 186 cm³/mol. The van der Waals surface area contributed by atoms with E-state index in [0.717, 1.165) is 71.8 Å². The van der Waals surface area contributed by atoms with Crippen LogP contribution in [0, 0.1) is 18.3 Å². The van der Waals surface area contributed by atoms with Crippen LogP contribution in [0.2, 0.25) is 0 Å². The van der Waals surface area contributed by atoms with E-state index in [0.29, 0.717) is 34.6 Å². The van der Waals surface area contributed by atoms with Crippen LogP contribution in [0.1, 0.15) is 42.3 Å². The van der Waals surface area contributed by atoms with E-state index >= 15 is 0 Å². The van der Waals surface area contributed by atoms with E-state index in [9.17, 15) is 15.2 Å². The van der Waals surface area contributed by atoms with E-state index in [-0.39, 0.29) is 18.0 Å². The molecule has 2 aliphatic rings. The summed E-state index contributed by atoms with van der Waals surface area (Å²) in [6.45, 7) is 6.08. The minimum atomic E-state index is -0.456. The first-order valence-corrected chi connectivity index (χ1v) is 17.1. The van der Waals surface area contributed by atoms with Crippen LogP contribution in [-0.2, 0) is 11.2 Å². The van der Waals surface area contributed by atoms with Crippen molar-refractivity contribution in [3.05, 3.63) is 71.1 Å². The zero-order valence-electron chi connectivity index (χ0n) is 27.2. The summed E-state index contributed by atoms with van der Waals surface area (Å²) in [4.78, 5) is 36.6. The number of rotatable bonds is 8. The molecule has 7 rings (SSSR count). The molecule has 0 aliphatic carbocycles. The van der Waals surface area contributed by atoms with Crippen LogP contribution in [0.25, 0.3) is 28.0 Å². The second-order valence-electron chi connectivity index (χ2n) is 12.5. The third kappa shape index (κ3) is 6.22. The summed E-state index contributed by atoms with van der Waals surface area (Å²) in [5.74, 6) is 1.53. The molecule has 2 saturated heterocycles. The molecule has 4 aromatic heterocycles. The van der Waals surface area contributed by atoms with Gasteiger partial charge in [0, 0.05) is 68.0 Å². The monoisotopic (exact) mass is 662 g/mol. The van der Waals surface area contributed by atoms with Gasteiger partial charge in [-0.2, -0.15) is 5.26 Å². The fourth-order valence-corrected chi connectivity index (χ4v) is 7.29. The van der Waals surface area contributed by atoms with Crippen LogP contribution in [-0.4, -0.2) is 80.2 Å². The van der Waals surface area contributed by atoms with E-state index in [1.807, 2.05) is 67.7 Å². The van der Waals surface area contributed by atoms with E-state index in [4.69, 9.17) is 19.9 Å². The van der Waals surface area contributed by atoms with Crippen LogP contribution in [0.3, 0.4) is 0 Å². The predicted octanol–water partition coefficient (Wildman–Crippen LogP) is 4.23. The number of aliphatic hydroxyl groups excluding tert-OH is 1. The van der Waals surface area contributed by atoms with Crippen molar-refractivity contribution in [1.82, 2.24) is 35.0 Å². The molecule has 6 heterocycles. The molecule has 0 saturated carbocycles. The van der Waals surface area contributed by atoms with E-state index < -0.39 is 6.10 Å². The number of piperidine rings is 1. The summed E-state index contributed by atoms with van der Waals surface area (Å²) >= 11 is 1.37. The highest BCUT2D eigenvalue weighted by atomic mass is 32.1. The van der Waals surface area contributed by atoms with Crippen LogP contribution < -0.4 is 20.4 Å². The number of fused-ring (bicyclic) bond motifs is 1. The first-order chi connectivity index (χ1) is 23.3. The number of hydrogen-bond acceptors (Lipinski definition) is 11. The number of anilines is 3. The Morgan fingerprint density at radius 3 is 2.50 bits per heavy atom. The number of carbonyl (C=O) groups excluding carboxylic acids is 1. The van der Waals surface area contributed by atoms with Gasteiger partial charge in [0.1, 0.15) is 28.1 Å². The van der Waals surface area contributed by atoms with Gasteiger partial charge in [-0.05, 0) is 44.7 Å². The van der Waals surface area contributed by atoms with Gasteiger partial charge in [-0.15, -0.1) is 0 Å². The first-order valence-electron chi connectivity index (χ1n) is 16.3. The molecule has 1 aromatic carbocycles. The maximum atomic E-state index is 12.6. The third-order valence-corrected chi connectivity index (χ3v) is 10.2. The van der Waals surface area contributed by atoms with Crippen LogP contribution in [0.5, 0.6) is 0 Å². The number of benzene rings is 1. The number of aliphatic hydroxyl groups is 1. The lowest BCUT2D eigenvalue weighted by molar-refractivity contribution is -0.123. The number of pyridine rings is 1. The van der Waals surface area contributed by atoms with Crippen molar-refractivity contribution in [3.63, 3.8) is 0 Å². The Hall–Kier alpha value is -4.90. The summed E-state index contributed by atoms with van der Waals surface area (Å²) in [5.41, 5.74) is 6.35. The maximum absolute atomic E-state index is 12.6. The number of aromatic nitrogens is 5. The largest absolute Gasteiger partial charge is 0.392 e. The van der Waals surface area contributed by atoms with E-state index in [1.54, 1.807) is 0 Å². The Morgan fingerprint density at radius 2 is 1.83 bits per heavy atom. The molecule has 3 N–H and O–H groups in total. The van der Waals surface area contributed by atoms with Gasteiger partial charge in [0.25, 0.3) is 0 Å². The second-order valence-corrected chi connectivity index (χ2v) is 13.5. The van der Waals surface area contributed by atoms with Gasteiger partial charge in [-0.1, -0.05) is 48.1 Å². The lowest BCUT2D eigenvalue weighted by Crippen LogP contribution is -2.49. The molecule has 246 valence electrons. The molecule has 0 unspecified atom stereocenters. The molecule has 12 nitrogen and oxygen atoms in total. The van der Waals surface area contributed by atoms with Crippen LogP contribution >= 0.6 is 11.3 Å². The molecule has 13 heteroatoms. The summed E-state index contributed by atoms with van der Waals surface area (Å²) in [7, 11) is 1.97. The Kier molecular flexibility index (Phi) is 8.79. The number of thiazole rings is 1. The highest BCUT2D eigenvalue weighted by Crippen LogP contribution is 2.37. The number of nitriles is 1. The molecule has 0 spiro atoms. The number of nitrogens with zero attached hydrogens (tertiary/aromatic N) is 8. The van der Waals surface area contributed by atoms with Crippen molar-refractivity contribution in [1.29, 1.82) is 5.26 Å². The van der Waals surface area contributed by atoms with Gasteiger partial charge in [0.05, 0.1) is 17.8 Å². The SMILES string of the molecule is CCc1nc2ccc(-c3cnc(N4CCC(NC(=O)[C@H]5C[C@@H](O)CN5)CC4)nc3)cn2c1N(C)c1nc(-c2ccc(C)cc2)c(C#N)s1. The molecule has 2 fully saturated rings. The Bertz CT molecular complexity index is 1970. The summed E-state index contributed by atoms with van der Waals surface area (Å²) in [6, 6.07) is 14.2. The zero-order valence-corrected chi connectivity index (χ0v) is 28.0. The van der Waals surface area contributed by atoms with Crippen molar-refractivity contribution >= 4 is 39.8 Å². The minimum absolute atomic E-state index is 0.0357. The molecule has 2 atom stereocenters. The number of β-amino-alcohol motifs (C(OH)–C–C–N with tert-alkyl or cyclic N) is 1. The molecule has 2 aliphatic heterocycles. The smallest absolute Gasteiger partial charge is 0.237 e. The Balaban J connectivity index is 1.08. The maximum Gasteiger partial charge on any atom is 0.237 e. The number of imidazole rings is 1. The first kappa shape index (κ1) is 31.7. The lowest BCUT2D eigenvalue weighted by Gasteiger charge is -2.32. The van der Waals surface area contributed by atoms with E-state index in [2.05, 4.69) is 39.1 Å². The number of carbonyl (C=O) groups is 1. The van der Waals surface area contributed by atoms with Crippen LogP contribution in [0.15, 0.2) is 55.0 Å². The molecule has 0 bridgehead atoms. The molecule has 0 radical (unpaired) electrons. The van der Waals surface area contributed by atoms with Crippen molar-refractivity contribution in [3.8, 4) is 28.5 Å². The van der Waals surface area contributed by atoms with Crippen molar-refractivity contribution in [2.75, 3.05) is 36.5 Å². The number of nitrogens with one attached hydrogen (secondary N) is 2. The number of aryl methyl sites for hydroxylation is 2. The fraction of sp³-hybridized carbons (Fsp3) is 0.371. The third-order valence-electron chi connectivity index (χ3n) is 9.16. The van der Waals surface area contributed by atoms with Crippen LogP contribution in [0.4, 0.5) is 16.9 Å². The van der Waals surface area contributed by atoms with Gasteiger partial charge in [-0.3, -0.25) is 9.20 Å². The average molecular weight is 663 g/mol. The molecular weight excluding hydrogens is 625 g/mol. The second kappa shape index (κ2) is 13.3. The topological polar surface area (TPSA) is 148 Å². The lowest BCUT2D eigenvalue weighted by atomic mass is 10.0. The van der Waals surface area contributed by atoms with Gasteiger partial charge < -0.3 is 25.5 Å². The highest BCUT2D eigenvalue weighted by Gasteiger charge is 2.30. The molecule has 5 aromatic rings. The van der Waals surface area contributed by atoms with E-state index in [1.165, 1.54) is 11.3 Å². The van der Waals surface area contributed by atoms with Crippen molar-refractivity contribution < 1.29 is 9.90 Å². The van der Waals surface area contributed by atoms with Gasteiger partial charge in [0.2, 0.25) is 11.9 Å². The normalized spacial score (nSPS) is 18.3. The van der Waals surface area contributed by atoms with Gasteiger partial charge >= 0.3 is 0 Å². The summed E-state index contributed by atoms with van der Waals surface area (Å²) in [5, 5.41) is 26.6. The number of hydrogen-bond donors (Lipinski definition) is 3. The standard InChI is InChI=1S/C35H38N10O2S/c1-4-27-33(43(3)35-42-31(29(16-36)48-35)22-7-5-21(2)6-8-22)45-20-23(9-10-30(45)41-27)24-17-38-34(39-18-24)44-13-11-25(12-14-44)40-32(47)28-15-26(46)19-37-28/h5-10,17-18,20,25-26,28,37,46H,4,11-15,19H2,1-3H3,(H,40,47)/t26-,28-/m1/s1. The average Bonchev–Trinajstić information content (AvgIpc) is 3.85. The quantitative estimate of drug-likeness (QED) is 0.221. The zero-order chi connectivity index (χ0) is 33.4.